The van der Waals surface area contributed by atoms with Gasteiger partial charge >= 0.3 is 6.18 Å². The van der Waals surface area contributed by atoms with E-state index in [1.807, 2.05) is 13.8 Å². The Morgan fingerprint density at radius 1 is 1.05 bits per heavy atom. The van der Waals surface area contributed by atoms with Gasteiger partial charge in [0, 0.05) is 5.92 Å². The second-order valence-corrected chi connectivity index (χ2v) is 3.91. The summed E-state index contributed by atoms with van der Waals surface area (Å²) in [6, 6.07) is 0. The fraction of sp³-hybridized carbons (Fsp3) is 0.909. The fourth-order valence-electron chi connectivity index (χ4n) is 0.808. The highest BCUT2D eigenvalue weighted by atomic mass is 19.4. The molecule has 8 heteroatoms. The molecular weight excluding hydrogens is 271 g/mol. The number of carbonyl (C=O) groups excluding carboxylic acids is 1. The van der Waals surface area contributed by atoms with Crippen LogP contribution in [0, 0.1) is 5.92 Å². The van der Waals surface area contributed by atoms with Crippen molar-refractivity contribution in [3.8, 4) is 0 Å². The number of amides is 1. The maximum absolute atomic E-state index is 13.0. The van der Waals surface area contributed by atoms with Gasteiger partial charge in [-0.1, -0.05) is 27.7 Å². The molecule has 0 aromatic carbocycles. The van der Waals surface area contributed by atoms with Gasteiger partial charge in [0.1, 0.15) is 6.54 Å². The van der Waals surface area contributed by atoms with Gasteiger partial charge in [-0.15, -0.1) is 0 Å². The first-order valence-corrected chi connectivity index (χ1v) is 5.96. The zero-order valence-corrected chi connectivity index (χ0v) is 11.5. The summed E-state index contributed by atoms with van der Waals surface area (Å²) in [4.78, 5) is 10.8. The smallest absolute Gasteiger partial charge is 0.346 e. The monoisotopic (exact) mass is 292 g/mol. The highest BCUT2D eigenvalue weighted by Crippen LogP contribution is 2.22. The lowest BCUT2D eigenvalue weighted by Gasteiger charge is -2.20. The molecule has 0 aliphatic carbocycles. The van der Waals surface area contributed by atoms with Gasteiger partial charge in [-0.25, -0.2) is 8.78 Å². The molecule has 0 bridgehead atoms. The zero-order chi connectivity index (χ0) is 15.7. The van der Waals surface area contributed by atoms with Gasteiger partial charge in [0.2, 0.25) is 5.91 Å². The third-order valence-corrected chi connectivity index (χ3v) is 1.98. The van der Waals surface area contributed by atoms with E-state index in [2.05, 4.69) is 5.32 Å². The Morgan fingerprint density at radius 2 is 1.53 bits per heavy atom. The van der Waals surface area contributed by atoms with Crippen molar-refractivity contribution in [1.82, 2.24) is 10.6 Å². The van der Waals surface area contributed by atoms with Gasteiger partial charge < -0.3 is 10.6 Å². The molecule has 0 atom stereocenters. The quantitative estimate of drug-likeness (QED) is 0.739. The van der Waals surface area contributed by atoms with E-state index < -0.39 is 43.6 Å². The van der Waals surface area contributed by atoms with E-state index in [1.54, 1.807) is 5.32 Å². The topological polar surface area (TPSA) is 41.1 Å². The van der Waals surface area contributed by atoms with Gasteiger partial charge in [-0.3, -0.25) is 4.79 Å². The van der Waals surface area contributed by atoms with Crippen molar-refractivity contribution < 1.29 is 26.7 Å². The van der Waals surface area contributed by atoms with Crippen molar-refractivity contribution in [3.63, 3.8) is 0 Å². The maximum Gasteiger partial charge on any atom is 0.405 e. The molecule has 1 amide bonds. The first-order valence-electron chi connectivity index (χ1n) is 5.96. The van der Waals surface area contributed by atoms with Crippen LogP contribution in [-0.4, -0.2) is 37.6 Å². The van der Waals surface area contributed by atoms with Crippen molar-refractivity contribution in [2.75, 3.05) is 19.6 Å². The fourth-order valence-corrected chi connectivity index (χ4v) is 0.808. The predicted molar refractivity (Wildman–Crippen MR) is 63.1 cm³/mol. The van der Waals surface area contributed by atoms with E-state index in [4.69, 9.17) is 0 Å². The molecule has 0 unspecified atom stereocenters. The molecule has 116 valence electrons. The number of hydrogen-bond donors (Lipinski definition) is 2. The number of alkyl halides is 5. The molecule has 0 aliphatic heterocycles. The molecule has 2 N–H and O–H groups in total. The Hall–Kier alpha value is -0.920. The highest BCUT2D eigenvalue weighted by molar-refractivity contribution is 5.78. The van der Waals surface area contributed by atoms with Crippen LogP contribution in [0.3, 0.4) is 0 Å². The molecule has 0 aliphatic rings. The number of rotatable bonds is 6. The average Bonchev–Trinajstić information content (AvgIpc) is 2.28. The molecule has 19 heavy (non-hydrogen) atoms. The van der Waals surface area contributed by atoms with Gasteiger partial charge in [-0.2, -0.15) is 13.2 Å². The summed E-state index contributed by atoms with van der Waals surface area (Å²) in [7, 11) is 0. The van der Waals surface area contributed by atoms with E-state index in [9.17, 15) is 26.7 Å². The Bertz CT molecular complexity index is 254. The number of carbonyl (C=O) groups is 1. The van der Waals surface area contributed by atoms with Crippen LogP contribution in [0.2, 0.25) is 0 Å². The Kier molecular flexibility index (Phi) is 9.73. The average molecular weight is 292 g/mol. The van der Waals surface area contributed by atoms with Crippen LogP contribution in [0.4, 0.5) is 22.0 Å². The summed E-state index contributed by atoms with van der Waals surface area (Å²) < 4.78 is 61.0. The van der Waals surface area contributed by atoms with Crippen molar-refractivity contribution in [2.24, 2.45) is 5.92 Å². The van der Waals surface area contributed by atoms with Crippen LogP contribution in [0.15, 0.2) is 0 Å². The molecule has 3 nitrogen and oxygen atoms in total. The van der Waals surface area contributed by atoms with E-state index in [1.165, 1.54) is 13.8 Å². The number of halogens is 5. The molecule has 0 saturated carbocycles. The molecule has 0 radical (unpaired) electrons. The minimum atomic E-state index is -4.50. The normalized spacial score (nSPS) is 11.9. The van der Waals surface area contributed by atoms with Gasteiger partial charge in [-0.05, 0) is 0 Å². The zero-order valence-electron chi connectivity index (χ0n) is 11.5. The number of hydrogen-bond acceptors (Lipinski definition) is 2. The molecule has 0 saturated heterocycles. The molecule has 0 aromatic rings. The van der Waals surface area contributed by atoms with Crippen LogP contribution in [0.25, 0.3) is 0 Å². The van der Waals surface area contributed by atoms with Gasteiger partial charge in [0.15, 0.2) is 0 Å². The number of nitrogens with one attached hydrogen (secondary N) is 2. The Labute approximate surface area is 109 Å². The highest BCUT2D eigenvalue weighted by Gasteiger charge is 2.33. The lowest BCUT2D eigenvalue weighted by molar-refractivity contribution is -0.138. The summed E-state index contributed by atoms with van der Waals surface area (Å²) in [6.45, 7) is 3.84. The lowest BCUT2D eigenvalue weighted by Crippen LogP contribution is -2.43. The summed E-state index contributed by atoms with van der Waals surface area (Å²) >= 11 is 0. The lowest BCUT2D eigenvalue weighted by atomic mass is 10.1. The summed E-state index contributed by atoms with van der Waals surface area (Å²) in [6.07, 6.45) is -4.50. The molecule has 0 heterocycles. The summed E-state index contributed by atoms with van der Waals surface area (Å²) in [5.41, 5.74) is 0. The molecule has 0 spiro atoms. The molecular formula is C11H21F5N2O. The Morgan fingerprint density at radius 3 is 1.89 bits per heavy atom. The second kappa shape index (κ2) is 9.06. The van der Waals surface area contributed by atoms with Gasteiger partial charge in [0.05, 0.1) is 13.1 Å². The SMILES string of the molecule is CC.CC(C)C(F)(F)CNCC(=O)NCC(F)(F)F. The van der Waals surface area contributed by atoms with Crippen LogP contribution in [-0.2, 0) is 4.79 Å². The van der Waals surface area contributed by atoms with E-state index in [-0.39, 0.29) is 0 Å². The largest absolute Gasteiger partial charge is 0.405 e. The predicted octanol–water partition coefficient (Wildman–Crippen LogP) is 2.57. The van der Waals surface area contributed by atoms with Crippen molar-refractivity contribution in [1.29, 1.82) is 0 Å². The Balaban J connectivity index is 0. The van der Waals surface area contributed by atoms with Crippen LogP contribution >= 0.6 is 0 Å². The van der Waals surface area contributed by atoms with Crippen molar-refractivity contribution in [3.05, 3.63) is 0 Å². The van der Waals surface area contributed by atoms with Crippen molar-refractivity contribution >= 4 is 5.91 Å². The molecule has 0 rings (SSSR count). The van der Waals surface area contributed by atoms with Crippen LogP contribution in [0.5, 0.6) is 0 Å². The standard InChI is InChI=1S/C9H15F5N2O.C2H6/c1-6(2)8(10,11)4-15-3-7(17)16-5-9(12,13)14;1-2/h6,15H,3-5H2,1-2H3,(H,16,17);1-2H3. The van der Waals surface area contributed by atoms with E-state index in [0.717, 1.165) is 0 Å². The third-order valence-electron chi connectivity index (χ3n) is 1.98. The first kappa shape index (κ1) is 20.4. The second-order valence-electron chi connectivity index (χ2n) is 3.91. The maximum atomic E-state index is 13.0. The molecule has 0 fully saturated rings. The molecule has 0 aromatic heterocycles. The van der Waals surface area contributed by atoms with Gasteiger partial charge in [0.25, 0.3) is 5.92 Å². The minimum absolute atomic E-state index is 0.571. The van der Waals surface area contributed by atoms with Crippen LogP contribution in [0.1, 0.15) is 27.7 Å². The van der Waals surface area contributed by atoms with Crippen LogP contribution < -0.4 is 10.6 Å². The van der Waals surface area contributed by atoms with E-state index >= 15 is 0 Å². The third kappa shape index (κ3) is 11.9. The minimum Gasteiger partial charge on any atom is -0.346 e. The first-order chi connectivity index (χ1) is 8.54. The summed E-state index contributed by atoms with van der Waals surface area (Å²) in [5, 5.41) is 3.68. The van der Waals surface area contributed by atoms with E-state index in [0.29, 0.717) is 0 Å². The van der Waals surface area contributed by atoms with Crippen molar-refractivity contribution in [2.45, 2.75) is 39.8 Å². The summed E-state index contributed by atoms with van der Waals surface area (Å²) in [5.74, 6) is -4.88.